The molecule has 0 aliphatic carbocycles. The molecule has 23 heavy (non-hydrogen) atoms. The Morgan fingerprint density at radius 3 is 2.57 bits per heavy atom. The summed E-state index contributed by atoms with van der Waals surface area (Å²) in [5.41, 5.74) is 1.47. The predicted molar refractivity (Wildman–Crippen MR) is 94.8 cm³/mol. The van der Waals surface area contributed by atoms with Gasteiger partial charge in [-0.3, -0.25) is 0 Å². The number of esters is 1. The van der Waals surface area contributed by atoms with Crippen LogP contribution in [0, 0.1) is 0 Å². The Bertz CT molecular complexity index is 653. The van der Waals surface area contributed by atoms with Crippen LogP contribution in [0.15, 0.2) is 24.3 Å². The molecule has 1 aromatic carbocycles. The molecule has 2 rings (SSSR count). The lowest BCUT2D eigenvalue weighted by Crippen LogP contribution is -2.25. The lowest BCUT2D eigenvalue weighted by molar-refractivity contribution is 0.0585. The van der Waals surface area contributed by atoms with Crippen molar-refractivity contribution in [3.63, 3.8) is 0 Å². The second-order valence-corrected chi connectivity index (χ2v) is 5.50. The van der Waals surface area contributed by atoms with Gasteiger partial charge in [-0.25, -0.2) is 4.79 Å². The predicted octanol–water partition coefficient (Wildman–Crippen LogP) is 3.25. The van der Waals surface area contributed by atoms with Gasteiger partial charge in [0.05, 0.1) is 19.7 Å². The molecule has 0 bridgehead atoms. The summed E-state index contributed by atoms with van der Waals surface area (Å²) in [6.07, 6.45) is 0.921. The number of hydrogen-bond donors (Lipinski definition) is 1. The van der Waals surface area contributed by atoms with Gasteiger partial charge in [0.1, 0.15) is 0 Å². The Hall–Kier alpha value is -1.72. The second-order valence-electron chi connectivity index (χ2n) is 5.50. The first-order valence-electron chi connectivity index (χ1n) is 7.57. The van der Waals surface area contributed by atoms with E-state index < -0.39 is 0 Å². The molecule has 0 amide bonds. The van der Waals surface area contributed by atoms with Crippen molar-refractivity contribution < 1.29 is 14.3 Å². The maximum Gasteiger partial charge on any atom is 0.358 e. The van der Waals surface area contributed by atoms with E-state index in [0.29, 0.717) is 17.5 Å². The number of methoxy groups -OCH3 is 2. The molecule has 0 aliphatic heterocycles. The van der Waals surface area contributed by atoms with Crippen LogP contribution in [0.5, 0.6) is 5.75 Å². The Morgan fingerprint density at radius 2 is 1.96 bits per heavy atom. The number of benzene rings is 1. The first-order valence-corrected chi connectivity index (χ1v) is 7.57. The van der Waals surface area contributed by atoms with Crippen molar-refractivity contribution >= 4 is 29.3 Å². The van der Waals surface area contributed by atoms with E-state index in [4.69, 9.17) is 9.47 Å². The molecule has 1 aromatic heterocycles. The van der Waals surface area contributed by atoms with Gasteiger partial charge in [0.25, 0.3) is 0 Å². The van der Waals surface area contributed by atoms with Crippen LogP contribution in [-0.2, 0) is 11.3 Å². The van der Waals surface area contributed by atoms with Crippen LogP contribution in [-0.4, -0.2) is 37.3 Å². The minimum atomic E-state index is -0.370. The zero-order valence-corrected chi connectivity index (χ0v) is 14.9. The van der Waals surface area contributed by atoms with Gasteiger partial charge in [0.2, 0.25) is 0 Å². The number of nitrogens with one attached hydrogen (secondary N) is 1. The van der Waals surface area contributed by atoms with E-state index in [1.807, 2.05) is 28.8 Å². The number of aryl methyl sites for hydroxylation is 1. The van der Waals surface area contributed by atoms with E-state index in [2.05, 4.69) is 19.2 Å². The maximum atomic E-state index is 12.2. The summed E-state index contributed by atoms with van der Waals surface area (Å²) in [6, 6.07) is 8.32. The van der Waals surface area contributed by atoms with E-state index in [0.717, 1.165) is 30.4 Å². The number of nitrogens with zero attached hydrogens (tertiary/aromatic N) is 1. The fraction of sp³-hybridized carbons (Fsp3) is 0.471. The van der Waals surface area contributed by atoms with Crippen molar-refractivity contribution in [1.82, 2.24) is 9.88 Å². The molecule has 6 heteroatoms. The van der Waals surface area contributed by atoms with E-state index in [1.165, 1.54) is 7.11 Å². The van der Waals surface area contributed by atoms with Crippen LogP contribution in [0.1, 0.15) is 30.8 Å². The Labute approximate surface area is 143 Å². The normalized spacial score (nSPS) is 10.7. The molecule has 1 heterocycles. The largest absolute Gasteiger partial charge is 0.494 e. The molecule has 0 spiro atoms. The van der Waals surface area contributed by atoms with Crippen molar-refractivity contribution in [3.05, 3.63) is 30.0 Å². The second kappa shape index (κ2) is 8.79. The molecule has 0 saturated heterocycles. The van der Waals surface area contributed by atoms with E-state index in [-0.39, 0.29) is 18.4 Å². The summed E-state index contributed by atoms with van der Waals surface area (Å²) in [5.74, 6) is 0.212. The molecule has 0 aliphatic rings. The van der Waals surface area contributed by atoms with Crippen LogP contribution in [0.25, 0.3) is 10.9 Å². The molecule has 128 valence electrons. The summed E-state index contributed by atoms with van der Waals surface area (Å²) >= 11 is 0. The highest BCUT2D eigenvalue weighted by Crippen LogP contribution is 2.33. The van der Waals surface area contributed by atoms with Crippen molar-refractivity contribution in [2.24, 2.45) is 0 Å². The maximum absolute atomic E-state index is 12.2. The zero-order valence-electron chi connectivity index (χ0n) is 14.1. The third kappa shape index (κ3) is 4.18. The standard InChI is InChI=1S/C17H24N2O3.ClH/c1-12(2)18-10-7-11-19-14-9-6-5-8-13(14)16(21-3)15(19)17(20)22-4;/h5-6,8-9,12,18H,7,10-11H2,1-4H3;1H. The molecule has 0 saturated carbocycles. The molecule has 5 nitrogen and oxygen atoms in total. The number of fused-ring (bicyclic) bond motifs is 1. The summed E-state index contributed by atoms with van der Waals surface area (Å²) in [7, 11) is 2.98. The molecular weight excluding hydrogens is 316 g/mol. The number of para-hydroxylation sites is 1. The van der Waals surface area contributed by atoms with Gasteiger partial charge in [-0.1, -0.05) is 26.0 Å². The topological polar surface area (TPSA) is 52.5 Å². The first-order chi connectivity index (χ1) is 10.6. The Morgan fingerprint density at radius 1 is 1.26 bits per heavy atom. The van der Waals surface area contributed by atoms with Crippen LogP contribution < -0.4 is 10.1 Å². The number of carbonyl (C=O) groups excluding carboxylic acids is 1. The van der Waals surface area contributed by atoms with Crippen LogP contribution in [0.2, 0.25) is 0 Å². The van der Waals surface area contributed by atoms with E-state index in [1.54, 1.807) is 7.11 Å². The smallest absolute Gasteiger partial charge is 0.358 e. The van der Waals surface area contributed by atoms with E-state index >= 15 is 0 Å². The van der Waals surface area contributed by atoms with Crippen molar-refractivity contribution in [2.45, 2.75) is 32.9 Å². The van der Waals surface area contributed by atoms with Crippen molar-refractivity contribution in [1.29, 1.82) is 0 Å². The minimum Gasteiger partial charge on any atom is -0.494 e. The molecule has 0 atom stereocenters. The fourth-order valence-corrected chi connectivity index (χ4v) is 2.64. The summed E-state index contributed by atoms with van der Waals surface area (Å²) in [6.45, 7) is 5.86. The average molecular weight is 341 g/mol. The number of rotatable bonds is 7. The lowest BCUT2D eigenvalue weighted by atomic mass is 10.2. The highest BCUT2D eigenvalue weighted by molar-refractivity contribution is 6.01. The fourth-order valence-electron chi connectivity index (χ4n) is 2.64. The van der Waals surface area contributed by atoms with Crippen LogP contribution >= 0.6 is 12.4 Å². The van der Waals surface area contributed by atoms with Crippen molar-refractivity contribution in [3.8, 4) is 5.75 Å². The third-order valence-electron chi connectivity index (χ3n) is 3.62. The van der Waals surface area contributed by atoms with Gasteiger partial charge in [-0.05, 0) is 25.1 Å². The number of ether oxygens (including phenoxy) is 2. The number of hydrogen-bond acceptors (Lipinski definition) is 4. The first kappa shape index (κ1) is 19.3. The Kier molecular flexibility index (Phi) is 7.39. The summed E-state index contributed by atoms with van der Waals surface area (Å²) in [5, 5.41) is 4.32. The number of carbonyl (C=O) groups is 1. The van der Waals surface area contributed by atoms with Crippen molar-refractivity contribution in [2.75, 3.05) is 20.8 Å². The van der Waals surface area contributed by atoms with Gasteiger partial charge in [-0.15, -0.1) is 12.4 Å². The molecule has 2 aromatic rings. The van der Waals surface area contributed by atoms with Crippen LogP contribution in [0.3, 0.4) is 0 Å². The third-order valence-corrected chi connectivity index (χ3v) is 3.62. The molecule has 0 unspecified atom stereocenters. The monoisotopic (exact) mass is 340 g/mol. The lowest BCUT2D eigenvalue weighted by Gasteiger charge is -2.12. The molecule has 0 fully saturated rings. The summed E-state index contributed by atoms with van der Waals surface area (Å²) in [4.78, 5) is 12.2. The minimum absolute atomic E-state index is 0. The zero-order chi connectivity index (χ0) is 16.1. The van der Waals surface area contributed by atoms with Gasteiger partial charge >= 0.3 is 5.97 Å². The van der Waals surface area contributed by atoms with Gasteiger partial charge in [0, 0.05) is 18.0 Å². The molecule has 0 radical (unpaired) electrons. The summed E-state index contributed by atoms with van der Waals surface area (Å²) < 4.78 is 12.4. The van der Waals surface area contributed by atoms with E-state index in [9.17, 15) is 4.79 Å². The average Bonchev–Trinajstić information content (AvgIpc) is 2.84. The number of aromatic nitrogens is 1. The number of halogens is 1. The quantitative estimate of drug-likeness (QED) is 0.621. The van der Waals surface area contributed by atoms with Gasteiger partial charge in [-0.2, -0.15) is 0 Å². The Balaban J connectivity index is 0.00000264. The SMILES string of the molecule is COC(=O)c1c(OC)c2ccccc2n1CCCNC(C)C.Cl. The highest BCUT2D eigenvalue weighted by atomic mass is 35.5. The van der Waals surface area contributed by atoms with Gasteiger partial charge < -0.3 is 19.4 Å². The molecular formula is C17H25ClN2O3. The van der Waals surface area contributed by atoms with Crippen LogP contribution in [0.4, 0.5) is 0 Å². The highest BCUT2D eigenvalue weighted by Gasteiger charge is 2.23. The molecule has 1 N–H and O–H groups in total. The van der Waals surface area contributed by atoms with Gasteiger partial charge in [0.15, 0.2) is 11.4 Å².